The molecule has 0 spiro atoms. The van der Waals surface area contributed by atoms with Gasteiger partial charge in [0.25, 0.3) is 0 Å². The zero-order valence-corrected chi connectivity index (χ0v) is 8.40. The van der Waals surface area contributed by atoms with E-state index in [2.05, 4.69) is 0 Å². The van der Waals surface area contributed by atoms with Crippen molar-refractivity contribution in [1.82, 2.24) is 0 Å². The third kappa shape index (κ3) is 7.44. The number of carboxylic acid groups (broad SMARTS) is 1. The van der Waals surface area contributed by atoms with Gasteiger partial charge >= 0.3 is 5.97 Å². The fourth-order valence-corrected chi connectivity index (χ4v) is 0.854. The Labute approximate surface area is 79.3 Å². The van der Waals surface area contributed by atoms with Gasteiger partial charge in [0.2, 0.25) is 0 Å². The molecule has 1 atom stereocenters. The van der Waals surface area contributed by atoms with Crippen LogP contribution in [0.25, 0.3) is 0 Å². The zero-order chi connectivity index (χ0) is 10.1. The molecule has 1 unspecified atom stereocenters. The molecule has 0 aliphatic heterocycles. The van der Waals surface area contributed by atoms with Crippen molar-refractivity contribution in [3.05, 3.63) is 30.3 Å². The highest BCUT2D eigenvalue weighted by Gasteiger charge is 1.81. The summed E-state index contributed by atoms with van der Waals surface area (Å²) in [5.41, 5.74) is 0. The molecule has 0 amide bonds. The third-order valence-corrected chi connectivity index (χ3v) is 1.80. The summed E-state index contributed by atoms with van der Waals surface area (Å²) in [6.45, 7) is 1.60. The number of carbonyl (C=O) groups is 1. The minimum absolute atomic E-state index is 0.0700. The largest absolute Gasteiger partial charge is 0.481 e. The van der Waals surface area contributed by atoms with Gasteiger partial charge in [0.15, 0.2) is 0 Å². The van der Waals surface area contributed by atoms with E-state index in [1.807, 2.05) is 30.3 Å². The lowest BCUT2D eigenvalue weighted by molar-refractivity contribution is -0.136. The van der Waals surface area contributed by atoms with Crippen molar-refractivity contribution in [1.29, 1.82) is 0 Å². The Morgan fingerprint density at radius 1 is 1.38 bits per heavy atom. The van der Waals surface area contributed by atoms with Gasteiger partial charge in [-0.2, -0.15) is 0 Å². The number of benzene rings is 1. The van der Waals surface area contributed by atoms with E-state index in [1.165, 1.54) is 0 Å². The molecule has 1 aromatic rings. The van der Waals surface area contributed by atoms with E-state index in [0.717, 1.165) is 5.30 Å². The monoisotopic (exact) mass is 200 g/mol. The standard InChI is InChI=1S/C6H7OP.C3H6O2/c7-8-6-4-2-1-3-5-6;1-2-3(4)5/h1-5,7-8H;2H2,1H3,(H,4,5). The summed E-state index contributed by atoms with van der Waals surface area (Å²) in [6, 6.07) is 9.57. The van der Waals surface area contributed by atoms with Crippen LogP contribution in [0.4, 0.5) is 0 Å². The first-order valence-electron chi connectivity index (χ1n) is 3.87. The van der Waals surface area contributed by atoms with Gasteiger partial charge in [-0.25, -0.2) is 0 Å². The van der Waals surface area contributed by atoms with Crippen LogP contribution in [0.1, 0.15) is 13.3 Å². The fraction of sp³-hybridized carbons (Fsp3) is 0.222. The van der Waals surface area contributed by atoms with Crippen molar-refractivity contribution in [3.63, 3.8) is 0 Å². The minimum Gasteiger partial charge on any atom is -0.481 e. The Balaban J connectivity index is 0.000000252. The third-order valence-electron chi connectivity index (χ3n) is 1.21. The van der Waals surface area contributed by atoms with Gasteiger partial charge in [0.1, 0.15) is 0 Å². The van der Waals surface area contributed by atoms with Crippen molar-refractivity contribution >= 4 is 20.1 Å². The molecule has 0 heterocycles. The summed E-state index contributed by atoms with van der Waals surface area (Å²) in [7, 11) is -0.0700. The number of aliphatic carboxylic acids is 1. The second-order valence-corrected chi connectivity index (χ2v) is 3.03. The molecule has 0 aliphatic rings. The summed E-state index contributed by atoms with van der Waals surface area (Å²) >= 11 is 0. The van der Waals surface area contributed by atoms with Crippen LogP contribution in [0.2, 0.25) is 0 Å². The molecule has 0 saturated heterocycles. The molecule has 72 valence electrons. The molecule has 0 aromatic heterocycles. The molecule has 0 fully saturated rings. The normalized spacial score (nSPS) is 9.38. The summed E-state index contributed by atoms with van der Waals surface area (Å²) in [5.74, 6) is -0.745. The van der Waals surface area contributed by atoms with Crippen LogP contribution in [0.5, 0.6) is 0 Å². The first-order chi connectivity index (χ1) is 6.20. The van der Waals surface area contributed by atoms with Crippen LogP contribution in [0, 0.1) is 0 Å². The molecule has 13 heavy (non-hydrogen) atoms. The van der Waals surface area contributed by atoms with E-state index in [4.69, 9.17) is 10.00 Å². The molecule has 0 aliphatic carbocycles. The second kappa shape index (κ2) is 7.71. The zero-order valence-electron chi connectivity index (χ0n) is 7.40. The number of hydrogen-bond donors (Lipinski definition) is 2. The predicted octanol–water partition coefficient (Wildman–Crippen LogP) is 1.38. The Hall–Kier alpha value is -0.920. The summed E-state index contributed by atoms with van der Waals surface area (Å²) in [5, 5.41) is 8.72. The molecule has 2 N–H and O–H groups in total. The van der Waals surface area contributed by atoms with Crippen molar-refractivity contribution in [2.75, 3.05) is 0 Å². The van der Waals surface area contributed by atoms with Crippen LogP contribution in [0.15, 0.2) is 30.3 Å². The smallest absolute Gasteiger partial charge is 0.303 e. The van der Waals surface area contributed by atoms with E-state index < -0.39 is 5.97 Å². The van der Waals surface area contributed by atoms with E-state index in [-0.39, 0.29) is 15.2 Å². The molecule has 4 heteroatoms. The molecule has 0 radical (unpaired) electrons. The maximum Gasteiger partial charge on any atom is 0.303 e. The predicted molar refractivity (Wildman–Crippen MR) is 54.5 cm³/mol. The summed E-state index contributed by atoms with van der Waals surface area (Å²) < 4.78 is 0. The lowest BCUT2D eigenvalue weighted by atomic mass is 10.4. The van der Waals surface area contributed by atoms with Crippen LogP contribution in [-0.4, -0.2) is 16.0 Å². The SMILES string of the molecule is CCC(=O)O.OPc1ccccc1. The molecular weight excluding hydrogens is 187 g/mol. The Kier molecular flexibility index (Phi) is 7.17. The first kappa shape index (κ1) is 12.1. The topological polar surface area (TPSA) is 57.5 Å². The van der Waals surface area contributed by atoms with Gasteiger partial charge in [0, 0.05) is 15.2 Å². The van der Waals surface area contributed by atoms with Gasteiger partial charge < -0.3 is 10.00 Å². The highest BCUT2D eigenvalue weighted by molar-refractivity contribution is 7.40. The highest BCUT2D eigenvalue weighted by Crippen LogP contribution is 1.99. The lowest BCUT2D eigenvalue weighted by Crippen LogP contribution is -1.88. The average molecular weight is 200 g/mol. The van der Waals surface area contributed by atoms with Gasteiger partial charge in [-0.15, -0.1) is 0 Å². The van der Waals surface area contributed by atoms with Crippen LogP contribution in [-0.2, 0) is 4.79 Å². The first-order valence-corrected chi connectivity index (χ1v) is 4.82. The maximum atomic E-state index is 9.37. The molecule has 1 aromatic carbocycles. The van der Waals surface area contributed by atoms with E-state index in [9.17, 15) is 4.79 Å². The van der Waals surface area contributed by atoms with Crippen molar-refractivity contribution in [2.45, 2.75) is 13.3 Å². The fourth-order valence-electron chi connectivity index (χ4n) is 0.513. The van der Waals surface area contributed by atoms with Crippen LogP contribution >= 0.6 is 8.81 Å². The lowest BCUT2D eigenvalue weighted by Gasteiger charge is -1.88. The van der Waals surface area contributed by atoms with E-state index >= 15 is 0 Å². The van der Waals surface area contributed by atoms with Crippen molar-refractivity contribution in [2.24, 2.45) is 0 Å². The minimum atomic E-state index is -0.745. The maximum absolute atomic E-state index is 9.37. The van der Waals surface area contributed by atoms with Gasteiger partial charge in [-0.05, 0) is 5.30 Å². The molecule has 0 bridgehead atoms. The van der Waals surface area contributed by atoms with E-state index in [0.29, 0.717) is 0 Å². The summed E-state index contributed by atoms with van der Waals surface area (Å²) in [4.78, 5) is 17.9. The van der Waals surface area contributed by atoms with Crippen LogP contribution < -0.4 is 5.30 Å². The summed E-state index contributed by atoms with van der Waals surface area (Å²) in [6.07, 6.45) is 0.222. The molecule has 3 nitrogen and oxygen atoms in total. The van der Waals surface area contributed by atoms with Crippen molar-refractivity contribution < 1.29 is 14.8 Å². The quantitative estimate of drug-likeness (QED) is 0.709. The average Bonchev–Trinajstić information content (AvgIpc) is 2.20. The molecule has 1 rings (SSSR count). The van der Waals surface area contributed by atoms with Crippen molar-refractivity contribution in [3.8, 4) is 0 Å². The number of hydrogen-bond acceptors (Lipinski definition) is 2. The Bertz CT molecular complexity index is 236. The molecule has 0 saturated carbocycles. The number of rotatable bonds is 2. The molecular formula is C9H13O3P. The number of carboxylic acids is 1. The van der Waals surface area contributed by atoms with E-state index in [1.54, 1.807) is 6.92 Å². The Morgan fingerprint density at radius 2 is 1.85 bits per heavy atom. The van der Waals surface area contributed by atoms with Gasteiger partial charge in [0.05, 0.1) is 0 Å². The van der Waals surface area contributed by atoms with Gasteiger partial charge in [-0.1, -0.05) is 37.3 Å². The highest BCUT2D eigenvalue weighted by atomic mass is 31.1. The second-order valence-electron chi connectivity index (χ2n) is 2.23. The van der Waals surface area contributed by atoms with Gasteiger partial charge in [-0.3, -0.25) is 4.79 Å². The Morgan fingerprint density at radius 3 is 2.08 bits per heavy atom. The van der Waals surface area contributed by atoms with Crippen LogP contribution in [0.3, 0.4) is 0 Å².